The van der Waals surface area contributed by atoms with Crippen LogP contribution in [0.25, 0.3) is 0 Å². The molecule has 2 N–H and O–H groups in total. The molecule has 0 aliphatic carbocycles. The fourth-order valence-electron chi connectivity index (χ4n) is 2.21. The summed E-state index contributed by atoms with van der Waals surface area (Å²) in [6.45, 7) is 7.14. The largest absolute Gasteiger partial charge is 0.493 e. The van der Waals surface area contributed by atoms with Gasteiger partial charge in [-0.1, -0.05) is 51.2 Å². The third-order valence-electron chi connectivity index (χ3n) is 3.42. The van der Waals surface area contributed by atoms with Crippen LogP contribution in [0.2, 0.25) is 0 Å². The van der Waals surface area contributed by atoms with Crippen molar-refractivity contribution in [3.8, 4) is 5.75 Å². The van der Waals surface area contributed by atoms with E-state index in [1.54, 1.807) is 0 Å². The summed E-state index contributed by atoms with van der Waals surface area (Å²) < 4.78 is 5.91. The highest BCUT2D eigenvalue weighted by Crippen LogP contribution is 2.25. The van der Waals surface area contributed by atoms with E-state index >= 15 is 0 Å². The van der Waals surface area contributed by atoms with Gasteiger partial charge < -0.3 is 10.5 Å². The van der Waals surface area contributed by atoms with Crippen LogP contribution in [0, 0.1) is 6.92 Å². The SMILES string of the molecule is CCCCCCCCOc1cc(C)ccc1[C@@H](C)N. The molecule has 1 aromatic rings. The third kappa shape index (κ3) is 6.11. The molecule has 108 valence electrons. The maximum Gasteiger partial charge on any atom is 0.124 e. The average molecular weight is 263 g/mol. The van der Waals surface area contributed by atoms with Gasteiger partial charge >= 0.3 is 0 Å². The smallest absolute Gasteiger partial charge is 0.124 e. The Kier molecular flexibility index (Phi) is 7.57. The average Bonchev–Trinajstić information content (AvgIpc) is 2.37. The van der Waals surface area contributed by atoms with E-state index in [9.17, 15) is 0 Å². The van der Waals surface area contributed by atoms with Crippen LogP contribution >= 0.6 is 0 Å². The van der Waals surface area contributed by atoms with Crippen LogP contribution in [-0.2, 0) is 0 Å². The van der Waals surface area contributed by atoms with Crippen molar-refractivity contribution < 1.29 is 4.74 Å². The van der Waals surface area contributed by atoms with Gasteiger partial charge in [0.2, 0.25) is 0 Å². The number of nitrogens with two attached hydrogens (primary N) is 1. The Bertz CT molecular complexity index is 360. The van der Waals surface area contributed by atoms with Crippen molar-refractivity contribution in [1.29, 1.82) is 0 Å². The van der Waals surface area contributed by atoms with Gasteiger partial charge in [0.25, 0.3) is 0 Å². The van der Waals surface area contributed by atoms with Crippen molar-refractivity contribution in [2.24, 2.45) is 5.73 Å². The van der Waals surface area contributed by atoms with Gasteiger partial charge in [-0.05, 0) is 31.9 Å². The molecule has 0 heterocycles. The maximum absolute atomic E-state index is 5.97. The first-order valence-electron chi connectivity index (χ1n) is 7.64. The van der Waals surface area contributed by atoms with Crippen LogP contribution < -0.4 is 10.5 Å². The molecule has 0 bridgehead atoms. The lowest BCUT2D eigenvalue weighted by molar-refractivity contribution is 0.300. The highest BCUT2D eigenvalue weighted by atomic mass is 16.5. The number of rotatable bonds is 9. The summed E-state index contributed by atoms with van der Waals surface area (Å²) in [6, 6.07) is 6.29. The number of unbranched alkanes of at least 4 members (excludes halogenated alkanes) is 5. The van der Waals surface area contributed by atoms with Gasteiger partial charge in [-0.2, -0.15) is 0 Å². The molecular weight excluding hydrogens is 234 g/mol. The molecule has 0 aliphatic heterocycles. The fourth-order valence-corrected chi connectivity index (χ4v) is 2.21. The van der Waals surface area contributed by atoms with E-state index in [1.807, 2.05) is 6.92 Å². The number of hydrogen-bond donors (Lipinski definition) is 1. The summed E-state index contributed by atoms with van der Waals surface area (Å²) in [5, 5.41) is 0. The predicted octanol–water partition coefficient (Wildman–Crippen LogP) is 4.75. The number of ether oxygens (including phenoxy) is 1. The van der Waals surface area contributed by atoms with Gasteiger partial charge in [0.05, 0.1) is 6.61 Å². The molecule has 0 saturated carbocycles. The lowest BCUT2D eigenvalue weighted by Gasteiger charge is -2.14. The second kappa shape index (κ2) is 8.98. The molecule has 0 aromatic heterocycles. The molecule has 0 spiro atoms. The lowest BCUT2D eigenvalue weighted by atomic mass is 10.1. The Morgan fingerprint density at radius 1 is 1.11 bits per heavy atom. The number of hydrogen-bond acceptors (Lipinski definition) is 2. The fraction of sp³-hybridized carbons (Fsp3) is 0.647. The first-order chi connectivity index (χ1) is 9.15. The van der Waals surface area contributed by atoms with Gasteiger partial charge in [0.15, 0.2) is 0 Å². The molecule has 0 aliphatic rings. The van der Waals surface area contributed by atoms with Crippen molar-refractivity contribution >= 4 is 0 Å². The summed E-state index contributed by atoms with van der Waals surface area (Å²) in [5.41, 5.74) is 8.30. The minimum atomic E-state index is 0.0279. The van der Waals surface area contributed by atoms with Crippen LogP contribution in [0.5, 0.6) is 5.75 Å². The molecule has 0 saturated heterocycles. The molecule has 1 aromatic carbocycles. The Morgan fingerprint density at radius 3 is 2.47 bits per heavy atom. The molecule has 19 heavy (non-hydrogen) atoms. The van der Waals surface area contributed by atoms with Gasteiger partial charge in [-0.3, -0.25) is 0 Å². The number of benzene rings is 1. The lowest BCUT2D eigenvalue weighted by Crippen LogP contribution is -2.09. The van der Waals surface area contributed by atoms with Crippen LogP contribution in [-0.4, -0.2) is 6.61 Å². The quantitative estimate of drug-likeness (QED) is 0.652. The summed E-state index contributed by atoms with van der Waals surface area (Å²) >= 11 is 0. The molecule has 1 rings (SSSR count). The molecular formula is C17H29NO. The highest BCUT2D eigenvalue weighted by molar-refractivity contribution is 5.38. The molecule has 2 heteroatoms. The monoisotopic (exact) mass is 263 g/mol. The van der Waals surface area contributed by atoms with Crippen molar-refractivity contribution in [2.45, 2.75) is 65.3 Å². The molecule has 2 nitrogen and oxygen atoms in total. The summed E-state index contributed by atoms with van der Waals surface area (Å²) in [6.07, 6.45) is 7.73. The molecule has 0 amide bonds. The molecule has 0 fully saturated rings. The van der Waals surface area contributed by atoms with Crippen molar-refractivity contribution in [3.05, 3.63) is 29.3 Å². The summed E-state index contributed by atoms with van der Waals surface area (Å²) in [5.74, 6) is 0.962. The van der Waals surface area contributed by atoms with Gasteiger partial charge in [-0.15, -0.1) is 0 Å². The minimum absolute atomic E-state index is 0.0279. The van der Waals surface area contributed by atoms with E-state index in [2.05, 4.69) is 32.0 Å². The van der Waals surface area contributed by atoms with Crippen molar-refractivity contribution in [1.82, 2.24) is 0 Å². The van der Waals surface area contributed by atoms with Crippen molar-refractivity contribution in [2.75, 3.05) is 6.61 Å². The van der Waals surface area contributed by atoms with Crippen LogP contribution in [0.3, 0.4) is 0 Å². The van der Waals surface area contributed by atoms with Crippen LogP contribution in [0.4, 0.5) is 0 Å². The van der Waals surface area contributed by atoms with Crippen molar-refractivity contribution in [3.63, 3.8) is 0 Å². The second-order valence-electron chi connectivity index (χ2n) is 5.45. The van der Waals surface area contributed by atoms with Crippen LogP contribution in [0.15, 0.2) is 18.2 Å². The summed E-state index contributed by atoms with van der Waals surface area (Å²) in [4.78, 5) is 0. The van der Waals surface area contributed by atoms with E-state index in [1.165, 1.54) is 37.7 Å². The van der Waals surface area contributed by atoms with E-state index < -0.39 is 0 Å². The number of aryl methyl sites for hydroxylation is 1. The molecule has 1 atom stereocenters. The van der Waals surface area contributed by atoms with Gasteiger partial charge in [0, 0.05) is 11.6 Å². The standard InChI is InChI=1S/C17H29NO/c1-4-5-6-7-8-9-12-19-17-13-14(2)10-11-16(17)15(3)18/h10-11,13,15H,4-9,12,18H2,1-3H3/t15-/m1/s1. The zero-order chi connectivity index (χ0) is 14.1. The normalized spacial score (nSPS) is 12.4. The Morgan fingerprint density at radius 2 is 1.79 bits per heavy atom. The maximum atomic E-state index is 5.97. The Labute approximate surface area is 118 Å². The first-order valence-corrected chi connectivity index (χ1v) is 7.64. The zero-order valence-corrected chi connectivity index (χ0v) is 12.7. The molecule has 0 radical (unpaired) electrons. The highest BCUT2D eigenvalue weighted by Gasteiger charge is 2.08. The Hall–Kier alpha value is -1.02. The van der Waals surface area contributed by atoms with Crippen LogP contribution in [0.1, 0.15) is 69.5 Å². The van der Waals surface area contributed by atoms with E-state index in [-0.39, 0.29) is 6.04 Å². The van der Waals surface area contributed by atoms with E-state index in [4.69, 9.17) is 10.5 Å². The van der Waals surface area contributed by atoms with E-state index in [0.29, 0.717) is 0 Å². The summed E-state index contributed by atoms with van der Waals surface area (Å²) in [7, 11) is 0. The third-order valence-corrected chi connectivity index (χ3v) is 3.42. The second-order valence-corrected chi connectivity index (χ2v) is 5.45. The van der Waals surface area contributed by atoms with E-state index in [0.717, 1.165) is 24.3 Å². The predicted molar refractivity (Wildman–Crippen MR) is 82.7 cm³/mol. The minimum Gasteiger partial charge on any atom is -0.493 e. The topological polar surface area (TPSA) is 35.2 Å². The van der Waals surface area contributed by atoms with Gasteiger partial charge in [-0.25, -0.2) is 0 Å². The molecule has 0 unspecified atom stereocenters. The Balaban J connectivity index is 2.34. The van der Waals surface area contributed by atoms with Gasteiger partial charge in [0.1, 0.15) is 5.75 Å². The zero-order valence-electron chi connectivity index (χ0n) is 12.7. The first kappa shape index (κ1) is 16.0.